The highest BCUT2D eigenvalue weighted by Gasteiger charge is 2.14. The van der Waals surface area contributed by atoms with Crippen molar-refractivity contribution in [2.24, 2.45) is 0 Å². The van der Waals surface area contributed by atoms with Crippen molar-refractivity contribution in [1.29, 1.82) is 0 Å². The van der Waals surface area contributed by atoms with Crippen molar-refractivity contribution in [3.05, 3.63) is 43.0 Å². The van der Waals surface area contributed by atoms with Gasteiger partial charge in [0, 0.05) is 6.54 Å². The number of sulfonamides is 1. The molecule has 0 heterocycles. The van der Waals surface area contributed by atoms with Crippen LogP contribution in [-0.4, -0.2) is 39.9 Å². The lowest BCUT2D eigenvalue weighted by Crippen LogP contribution is -2.41. The number of carbonyl (C=O) groups is 2. The summed E-state index contributed by atoms with van der Waals surface area (Å²) in [6.45, 7) is 3.07. The fourth-order valence-electron chi connectivity index (χ4n) is 1.33. The molecule has 0 aliphatic rings. The summed E-state index contributed by atoms with van der Waals surface area (Å²) in [6, 6.07) is 7.69. The number of benzene rings is 1. The Morgan fingerprint density at radius 2 is 1.67 bits per heavy atom. The SMILES string of the molecule is C=CCNC(=O)CNC(=O)CNS(=O)(=O)c1ccccc1. The van der Waals surface area contributed by atoms with Gasteiger partial charge < -0.3 is 10.6 Å². The van der Waals surface area contributed by atoms with Gasteiger partial charge in [-0.15, -0.1) is 6.58 Å². The molecule has 0 saturated heterocycles. The molecule has 0 bridgehead atoms. The van der Waals surface area contributed by atoms with Crippen LogP contribution in [0.25, 0.3) is 0 Å². The third-order valence-corrected chi connectivity index (χ3v) is 3.78. The Bertz CT molecular complexity index is 599. The molecule has 0 unspecified atom stereocenters. The van der Waals surface area contributed by atoms with E-state index in [9.17, 15) is 18.0 Å². The van der Waals surface area contributed by atoms with E-state index < -0.39 is 22.5 Å². The van der Waals surface area contributed by atoms with E-state index in [-0.39, 0.29) is 17.3 Å². The summed E-state index contributed by atoms with van der Waals surface area (Å²) < 4.78 is 25.8. The van der Waals surface area contributed by atoms with Crippen molar-refractivity contribution >= 4 is 21.8 Å². The van der Waals surface area contributed by atoms with Gasteiger partial charge in [-0.05, 0) is 12.1 Å². The lowest BCUT2D eigenvalue weighted by molar-refractivity contribution is -0.125. The zero-order valence-corrected chi connectivity index (χ0v) is 12.2. The maximum Gasteiger partial charge on any atom is 0.241 e. The molecule has 114 valence electrons. The molecule has 8 heteroatoms. The predicted molar refractivity (Wildman–Crippen MR) is 77.8 cm³/mol. The number of hydrogen-bond acceptors (Lipinski definition) is 4. The Labute approximate surface area is 123 Å². The average Bonchev–Trinajstić information content (AvgIpc) is 2.49. The van der Waals surface area contributed by atoms with Gasteiger partial charge in [0.25, 0.3) is 0 Å². The molecule has 0 atom stereocenters. The second-order valence-electron chi connectivity index (χ2n) is 4.01. The summed E-state index contributed by atoms with van der Waals surface area (Å²) in [5.41, 5.74) is 0. The third-order valence-electron chi connectivity index (χ3n) is 2.37. The number of hydrogen-bond donors (Lipinski definition) is 3. The smallest absolute Gasteiger partial charge is 0.241 e. The predicted octanol–water partition coefficient (Wildman–Crippen LogP) is -0.617. The van der Waals surface area contributed by atoms with Gasteiger partial charge in [0.1, 0.15) is 0 Å². The first-order valence-corrected chi connectivity index (χ1v) is 7.63. The van der Waals surface area contributed by atoms with Crippen LogP contribution < -0.4 is 15.4 Å². The molecule has 1 aromatic carbocycles. The van der Waals surface area contributed by atoms with Gasteiger partial charge in [0.15, 0.2) is 0 Å². The zero-order chi connectivity index (χ0) is 15.7. The van der Waals surface area contributed by atoms with E-state index >= 15 is 0 Å². The summed E-state index contributed by atoms with van der Waals surface area (Å²) in [5, 5.41) is 4.78. The molecule has 3 N–H and O–H groups in total. The number of carbonyl (C=O) groups excluding carboxylic acids is 2. The highest BCUT2D eigenvalue weighted by atomic mass is 32.2. The molecule has 1 aromatic rings. The van der Waals surface area contributed by atoms with Crippen molar-refractivity contribution in [3.63, 3.8) is 0 Å². The van der Waals surface area contributed by atoms with E-state index in [0.717, 1.165) is 0 Å². The molecular weight excluding hydrogens is 294 g/mol. The highest BCUT2D eigenvalue weighted by Crippen LogP contribution is 2.06. The first-order chi connectivity index (χ1) is 9.95. The van der Waals surface area contributed by atoms with E-state index in [1.807, 2.05) is 0 Å². The first-order valence-electron chi connectivity index (χ1n) is 6.14. The Morgan fingerprint density at radius 1 is 1.05 bits per heavy atom. The Balaban J connectivity index is 2.39. The molecule has 0 aliphatic heterocycles. The number of rotatable bonds is 8. The summed E-state index contributed by atoms with van der Waals surface area (Å²) >= 11 is 0. The molecule has 0 aromatic heterocycles. The number of nitrogens with one attached hydrogen (secondary N) is 3. The van der Waals surface area contributed by atoms with E-state index in [0.29, 0.717) is 6.54 Å². The topological polar surface area (TPSA) is 104 Å². The summed E-state index contributed by atoms with van der Waals surface area (Å²) in [5.74, 6) is -0.975. The Kier molecular flexibility index (Phi) is 6.57. The number of amides is 2. The molecule has 0 spiro atoms. The Hall–Kier alpha value is -2.19. The van der Waals surface area contributed by atoms with Crippen LogP contribution in [0, 0.1) is 0 Å². The largest absolute Gasteiger partial charge is 0.351 e. The maximum atomic E-state index is 11.8. The normalized spacial score (nSPS) is 10.7. The van der Waals surface area contributed by atoms with Gasteiger partial charge in [-0.25, -0.2) is 13.1 Å². The van der Waals surface area contributed by atoms with Gasteiger partial charge in [-0.2, -0.15) is 0 Å². The van der Waals surface area contributed by atoms with Gasteiger partial charge in [0.2, 0.25) is 21.8 Å². The zero-order valence-electron chi connectivity index (χ0n) is 11.3. The van der Waals surface area contributed by atoms with Gasteiger partial charge in [0.05, 0.1) is 18.0 Å². The quantitative estimate of drug-likeness (QED) is 0.557. The molecule has 0 radical (unpaired) electrons. The average molecular weight is 311 g/mol. The monoisotopic (exact) mass is 311 g/mol. The van der Waals surface area contributed by atoms with Crippen LogP contribution in [0.3, 0.4) is 0 Å². The van der Waals surface area contributed by atoms with Crippen molar-refractivity contribution in [2.45, 2.75) is 4.90 Å². The Morgan fingerprint density at radius 3 is 2.29 bits per heavy atom. The summed E-state index contributed by atoms with van der Waals surface area (Å²) in [6.07, 6.45) is 1.51. The lowest BCUT2D eigenvalue weighted by Gasteiger charge is -2.07. The summed E-state index contributed by atoms with van der Waals surface area (Å²) in [7, 11) is -3.73. The van der Waals surface area contributed by atoms with Crippen LogP contribution in [0.4, 0.5) is 0 Å². The van der Waals surface area contributed by atoms with E-state index in [1.54, 1.807) is 18.2 Å². The van der Waals surface area contributed by atoms with Gasteiger partial charge in [-0.1, -0.05) is 24.3 Å². The second kappa shape index (κ2) is 8.18. The molecule has 0 fully saturated rings. The molecule has 2 amide bonds. The minimum absolute atomic E-state index is 0.0709. The van der Waals surface area contributed by atoms with Crippen molar-refractivity contribution in [2.75, 3.05) is 19.6 Å². The van der Waals surface area contributed by atoms with E-state index in [1.165, 1.54) is 18.2 Å². The highest BCUT2D eigenvalue weighted by molar-refractivity contribution is 7.89. The van der Waals surface area contributed by atoms with Crippen LogP contribution in [0.1, 0.15) is 0 Å². The maximum absolute atomic E-state index is 11.8. The third kappa shape index (κ3) is 6.19. The van der Waals surface area contributed by atoms with Crippen molar-refractivity contribution < 1.29 is 18.0 Å². The summed E-state index contributed by atoms with van der Waals surface area (Å²) in [4.78, 5) is 22.7. The van der Waals surface area contributed by atoms with Crippen LogP contribution in [0.2, 0.25) is 0 Å². The van der Waals surface area contributed by atoms with E-state index in [4.69, 9.17) is 0 Å². The molecule has 21 heavy (non-hydrogen) atoms. The van der Waals surface area contributed by atoms with Crippen LogP contribution >= 0.6 is 0 Å². The van der Waals surface area contributed by atoms with Gasteiger partial charge in [-0.3, -0.25) is 9.59 Å². The molecular formula is C13H17N3O4S. The molecule has 0 saturated carbocycles. The van der Waals surface area contributed by atoms with Crippen molar-refractivity contribution in [3.8, 4) is 0 Å². The van der Waals surface area contributed by atoms with Crippen molar-refractivity contribution in [1.82, 2.24) is 15.4 Å². The molecule has 0 aliphatic carbocycles. The minimum Gasteiger partial charge on any atom is -0.351 e. The van der Waals surface area contributed by atoms with Crippen LogP contribution in [0.15, 0.2) is 47.9 Å². The lowest BCUT2D eigenvalue weighted by atomic mass is 10.4. The fourth-order valence-corrected chi connectivity index (χ4v) is 2.34. The minimum atomic E-state index is -3.73. The van der Waals surface area contributed by atoms with Crippen LogP contribution in [0.5, 0.6) is 0 Å². The molecule has 7 nitrogen and oxygen atoms in total. The first kappa shape index (κ1) is 16.9. The van der Waals surface area contributed by atoms with Crippen LogP contribution in [-0.2, 0) is 19.6 Å². The standard InChI is InChI=1S/C13H17N3O4S/c1-2-8-14-12(17)9-15-13(18)10-16-21(19,20)11-6-4-3-5-7-11/h2-7,16H,1,8-10H2,(H,14,17)(H,15,18). The van der Waals surface area contributed by atoms with E-state index in [2.05, 4.69) is 21.9 Å². The van der Waals surface area contributed by atoms with Gasteiger partial charge >= 0.3 is 0 Å². The fraction of sp³-hybridized carbons (Fsp3) is 0.231. The molecule has 1 rings (SSSR count). The second-order valence-corrected chi connectivity index (χ2v) is 5.77.